The molecular weight excluding hydrogens is 305 g/mol. The van der Waals surface area contributed by atoms with Crippen LogP contribution in [-0.2, 0) is 4.79 Å². The number of pyridine rings is 2. The maximum absolute atomic E-state index is 11.7. The minimum atomic E-state index is -0.202. The minimum absolute atomic E-state index is 0.202. The van der Waals surface area contributed by atoms with E-state index in [1.165, 1.54) is 24.0 Å². The van der Waals surface area contributed by atoms with E-state index in [1.54, 1.807) is 6.20 Å². The Bertz CT molecular complexity index is 580. The summed E-state index contributed by atoms with van der Waals surface area (Å²) in [5, 5.41) is 4.13. The van der Waals surface area contributed by atoms with Gasteiger partial charge in [0.2, 0.25) is 5.91 Å². The van der Waals surface area contributed by atoms with Crippen LogP contribution in [0.4, 0.5) is 5.82 Å². The Morgan fingerprint density at radius 2 is 2.16 bits per heavy atom. The van der Waals surface area contributed by atoms with Gasteiger partial charge in [0.05, 0.1) is 20.8 Å². The van der Waals surface area contributed by atoms with Crippen molar-refractivity contribution in [2.75, 3.05) is 11.1 Å². The van der Waals surface area contributed by atoms with Crippen LogP contribution in [0.5, 0.6) is 0 Å². The zero-order valence-corrected chi connectivity index (χ0v) is 12.0. The van der Waals surface area contributed by atoms with Gasteiger partial charge in [-0.3, -0.25) is 4.79 Å². The molecular formula is C12H9Cl2N3OS. The monoisotopic (exact) mass is 313 g/mol. The first-order valence-corrected chi connectivity index (χ1v) is 7.04. The number of nitrogens with one attached hydrogen (secondary N) is 1. The second kappa shape index (κ2) is 6.75. The molecule has 19 heavy (non-hydrogen) atoms. The van der Waals surface area contributed by atoms with Crippen molar-refractivity contribution in [2.45, 2.75) is 5.03 Å². The minimum Gasteiger partial charge on any atom is -0.309 e. The standard InChI is InChI=1S/C12H9Cl2N3OS/c13-8-5-9(14)12(16-6-8)17-10(18)7-19-11-3-1-2-4-15-11/h1-6H,7H2,(H,16,17,18). The molecule has 0 saturated heterocycles. The number of anilines is 1. The van der Waals surface area contributed by atoms with Gasteiger partial charge in [-0.15, -0.1) is 0 Å². The smallest absolute Gasteiger partial charge is 0.235 e. The second-order valence-electron chi connectivity index (χ2n) is 3.49. The highest BCUT2D eigenvalue weighted by Crippen LogP contribution is 2.23. The van der Waals surface area contributed by atoms with E-state index in [1.807, 2.05) is 18.2 Å². The summed E-state index contributed by atoms with van der Waals surface area (Å²) in [5.74, 6) is 0.336. The molecule has 4 nitrogen and oxygen atoms in total. The Hall–Kier alpha value is -1.30. The summed E-state index contributed by atoms with van der Waals surface area (Å²) in [5.41, 5.74) is 0. The average molecular weight is 314 g/mol. The van der Waals surface area contributed by atoms with E-state index in [0.29, 0.717) is 15.9 Å². The van der Waals surface area contributed by atoms with Gasteiger partial charge in [-0.25, -0.2) is 9.97 Å². The van der Waals surface area contributed by atoms with E-state index in [-0.39, 0.29) is 11.7 Å². The van der Waals surface area contributed by atoms with Crippen molar-refractivity contribution in [1.29, 1.82) is 0 Å². The molecule has 0 bridgehead atoms. The molecule has 0 spiro atoms. The lowest BCUT2D eigenvalue weighted by Crippen LogP contribution is -2.15. The maximum atomic E-state index is 11.7. The molecule has 2 rings (SSSR count). The Morgan fingerprint density at radius 3 is 2.84 bits per heavy atom. The molecule has 2 aromatic rings. The van der Waals surface area contributed by atoms with Crippen molar-refractivity contribution < 1.29 is 4.79 Å². The Morgan fingerprint density at radius 1 is 1.32 bits per heavy atom. The van der Waals surface area contributed by atoms with Crippen molar-refractivity contribution in [3.8, 4) is 0 Å². The van der Waals surface area contributed by atoms with Gasteiger partial charge in [0, 0.05) is 12.4 Å². The lowest BCUT2D eigenvalue weighted by Gasteiger charge is -2.06. The highest BCUT2D eigenvalue weighted by atomic mass is 35.5. The predicted molar refractivity (Wildman–Crippen MR) is 77.8 cm³/mol. The van der Waals surface area contributed by atoms with Gasteiger partial charge in [0.25, 0.3) is 0 Å². The van der Waals surface area contributed by atoms with Crippen molar-refractivity contribution in [3.05, 3.63) is 46.7 Å². The number of hydrogen-bond acceptors (Lipinski definition) is 4. The highest BCUT2D eigenvalue weighted by molar-refractivity contribution is 7.99. The normalized spacial score (nSPS) is 10.2. The quantitative estimate of drug-likeness (QED) is 0.877. The number of nitrogens with zero attached hydrogens (tertiary/aromatic N) is 2. The summed E-state index contributed by atoms with van der Waals surface area (Å²) in [6, 6.07) is 7.05. The van der Waals surface area contributed by atoms with Crippen LogP contribution in [0.15, 0.2) is 41.7 Å². The molecule has 0 radical (unpaired) electrons. The van der Waals surface area contributed by atoms with Crippen LogP contribution in [0.1, 0.15) is 0 Å². The summed E-state index contributed by atoms with van der Waals surface area (Å²) in [7, 11) is 0. The Labute approximate surface area is 124 Å². The van der Waals surface area contributed by atoms with Crippen molar-refractivity contribution >= 4 is 46.7 Å². The lowest BCUT2D eigenvalue weighted by atomic mass is 10.4. The topological polar surface area (TPSA) is 54.9 Å². The zero-order chi connectivity index (χ0) is 13.7. The molecule has 0 aliphatic rings. The summed E-state index contributed by atoms with van der Waals surface area (Å²) in [6.07, 6.45) is 3.10. The molecule has 98 valence electrons. The number of carbonyl (C=O) groups excluding carboxylic acids is 1. The molecule has 0 atom stereocenters. The third-order valence-electron chi connectivity index (χ3n) is 2.05. The molecule has 2 aromatic heterocycles. The van der Waals surface area contributed by atoms with Gasteiger partial charge in [0.1, 0.15) is 0 Å². The van der Waals surface area contributed by atoms with Crippen molar-refractivity contribution in [3.63, 3.8) is 0 Å². The first kappa shape index (κ1) is 14.1. The predicted octanol–water partition coefficient (Wildman–Crippen LogP) is 3.51. The van der Waals surface area contributed by atoms with Crippen LogP contribution in [0.2, 0.25) is 10.0 Å². The van der Waals surface area contributed by atoms with Crippen molar-refractivity contribution in [2.24, 2.45) is 0 Å². The molecule has 2 heterocycles. The number of thioether (sulfide) groups is 1. The summed E-state index contributed by atoms with van der Waals surface area (Å²) in [4.78, 5) is 19.8. The number of halogens is 2. The van der Waals surface area contributed by atoms with E-state index in [2.05, 4.69) is 15.3 Å². The van der Waals surface area contributed by atoms with Crippen molar-refractivity contribution in [1.82, 2.24) is 9.97 Å². The molecule has 0 aliphatic carbocycles. The molecule has 0 fully saturated rings. The molecule has 0 aromatic carbocycles. The van der Waals surface area contributed by atoms with E-state index < -0.39 is 0 Å². The fourth-order valence-electron chi connectivity index (χ4n) is 1.25. The van der Waals surface area contributed by atoms with E-state index in [9.17, 15) is 4.79 Å². The SMILES string of the molecule is O=C(CSc1ccccn1)Nc1ncc(Cl)cc1Cl. The summed E-state index contributed by atoms with van der Waals surface area (Å²) in [6.45, 7) is 0. The number of amides is 1. The summed E-state index contributed by atoms with van der Waals surface area (Å²) < 4.78 is 0. The van der Waals surface area contributed by atoms with E-state index in [0.717, 1.165) is 5.03 Å². The fourth-order valence-corrected chi connectivity index (χ4v) is 2.34. The number of carbonyl (C=O) groups is 1. The largest absolute Gasteiger partial charge is 0.309 e. The highest BCUT2D eigenvalue weighted by Gasteiger charge is 2.08. The second-order valence-corrected chi connectivity index (χ2v) is 5.33. The average Bonchev–Trinajstić information content (AvgIpc) is 2.41. The van der Waals surface area contributed by atoms with Gasteiger partial charge < -0.3 is 5.32 Å². The van der Waals surface area contributed by atoms with Crippen LogP contribution in [0.3, 0.4) is 0 Å². The molecule has 7 heteroatoms. The van der Waals surface area contributed by atoms with Gasteiger partial charge in [-0.2, -0.15) is 0 Å². The maximum Gasteiger partial charge on any atom is 0.235 e. The van der Waals surface area contributed by atoms with Crippen LogP contribution in [-0.4, -0.2) is 21.6 Å². The molecule has 0 aliphatic heterocycles. The van der Waals surface area contributed by atoms with Crippen LogP contribution in [0, 0.1) is 0 Å². The first-order valence-electron chi connectivity index (χ1n) is 5.30. The zero-order valence-electron chi connectivity index (χ0n) is 9.64. The van der Waals surface area contributed by atoms with Crippen LogP contribution >= 0.6 is 35.0 Å². The number of rotatable bonds is 4. The Balaban J connectivity index is 1.91. The lowest BCUT2D eigenvalue weighted by molar-refractivity contribution is -0.113. The molecule has 0 unspecified atom stereocenters. The fraction of sp³-hybridized carbons (Fsp3) is 0.0833. The van der Waals surface area contributed by atoms with E-state index in [4.69, 9.17) is 23.2 Å². The molecule has 0 saturated carbocycles. The van der Waals surface area contributed by atoms with Gasteiger partial charge >= 0.3 is 0 Å². The third-order valence-corrected chi connectivity index (χ3v) is 3.49. The van der Waals surface area contributed by atoms with Gasteiger partial charge in [0.15, 0.2) is 5.82 Å². The first-order chi connectivity index (χ1) is 9.15. The van der Waals surface area contributed by atoms with Gasteiger partial charge in [-0.05, 0) is 18.2 Å². The third kappa shape index (κ3) is 4.38. The van der Waals surface area contributed by atoms with Crippen LogP contribution in [0.25, 0.3) is 0 Å². The number of hydrogen-bond donors (Lipinski definition) is 1. The molecule has 1 N–H and O–H groups in total. The van der Waals surface area contributed by atoms with Crippen LogP contribution < -0.4 is 5.32 Å². The molecule has 1 amide bonds. The summed E-state index contributed by atoms with van der Waals surface area (Å²) >= 11 is 13.0. The Kier molecular flexibility index (Phi) is 5.01. The van der Waals surface area contributed by atoms with E-state index >= 15 is 0 Å². The van der Waals surface area contributed by atoms with Gasteiger partial charge in [-0.1, -0.05) is 41.0 Å². The number of aromatic nitrogens is 2.